The molecule has 0 atom stereocenters. The van der Waals surface area contributed by atoms with Crippen LogP contribution in [0.5, 0.6) is 0 Å². The molecule has 0 saturated heterocycles. The van der Waals surface area contributed by atoms with E-state index in [1.807, 2.05) is 20.8 Å². The van der Waals surface area contributed by atoms with E-state index in [9.17, 15) is 9.59 Å². The molecule has 1 aliphatic carbocycles. The van der Waals surface area contributed by atoms with Crippen LogP contribution < -0.4 is 5.32 Å². The van der Waals surface area contributed by atoms with E-state index in [0.717, 1.165) is 37.4 Å². The summed E-state index contributed by atoms with van der Waals surface area (Å²) in [4.78, 5) is 25.6. The van der Waals surface area contributed by atoms with Crippen LogP contribution in [0.25, 0.3) is 0 Å². The monoisotopic (exact) mass is 401 g/mol. The molecular weight excluding hydrogens is 377 g/mol. The summed E-state index contributed by atoms with van der Waals surface area (Å²) in [5.41, 5.74) is 0.0676. The average Bonchev–Trinajstić information content (AvgIpc) is 2.51. The predicted molar refractivity (Wildman–Crippen MR) is 107 cm³/mol. The van der Waals surface area contributed by atoms with E-state index in [-0.39, 0.29) is 16.9 Å². The predicted octanol–water partition coefficient (Wildman–Crippen LogP) is 6.42. The minimum absolute atomic E-state index is 0.00431. The summed E-state index contributed by atoms with van der Waals surface area (Å²) in [6.45, 7) is 7.81. The maximum Gasteiger partial charge on any atom is 0.227 e. The van der Waals surface area contributed by atoms with Gasteiger partial charge in [-0.05, 0) is 55.5 Å². The third kappa shape index (κ3) is 5.63. The number of benzene rings is 1. The van der Waals surface area contributed by atoms with Gasteiger partial charge in [-0.25, -0.2) is 0 Å². The van der Waals surface area contributed by atoms with Crippen LogP contribution in [0.3, 0.4) is 0 Å². The van der Waals surface area contributed by atoms with Crippen LogP contribution in [0, 0.1) is 17.3 Å². The molecule has 0 aromatic heterocycles. The molecule has 1 amide bonds. The van der Waals surface area contributed by atoms with Crippen LogP contribution in [-0.4, -0.2) is 11.0 Å². The minimum Gasteiger partial charge on any atom is -0.325 e. The highest BCUT2D eigenvalue weighted by molar-refractivity contribution is 8.13. The molecule has 1 fully saturated rings. The Bertz CT molecular complexity index is 662. The minimum atomic E-state index is -0.489. The molecule has 0 aliphatic heterocycles. The molecule has 0 unspecified atom stereocenters. The number of hydrogen-bond acceptors (Lipinski definition) is 3. The first-order chi connectivity index (χ1) is 11.6. The SMILES string of the molecule is CC1CCC(C(=O)Nc2cc(Cl)c(Cl)cc2SC(=O)C(C)(C)C)CC1. The first kappa shape index (κ1) is 20.6. The van der Waals surface area contributed by atoms with Crippen molar-refractivity contribution in [3.8, 4) is 0 Å². The van der Waals surface area contributed by atoms with Crippen molar-refractivity contribution in [2.45, 2.75) is 58.3 Å². The zero-order valence-corrected chi connectivity index (χ0v) is 17.4. The van der Waals surface area contributed by atoms with Gasteiger partial charge in [-0.1, -0.05) is 50.9 Å². The van der Waals surface area contributed by atoms with Crippen LogP contribution in [0.15, 0.2) is 17.0 Å². The van der Waals surface area contributed by atoms with E-state index in [4.69, 9.17) is 23.2 Å². The van der Waals surface area contributed by atoms with E-state index in [1.54, 1.807) is 12.1 Å². The van der Waals surface area contributed by atoms with E-state index in [0.29, 0.717) is 26.5 Å². The Balaban J connectivity index is 2.19. The lowest BCUT2D eigenvalue weighted by molar-refractivity contribution is -0.121. The molecule has 0 radical (unpaired) electrons. The van der Waals surface area contributed by atoms with Gasteiger partial charge in [-0.3, -0.25) is 9.59 Å². The third-order valence-corrected chi connectivity index (χ3v) is 6.56. The molecule has 1 saturated carbocycles. The summed E-state index contributed by atoms with van der Waals surface area (Å²) in [6.07, 6.45) is 3.95. The summed E-state index contributed by atoms with van der Waals surface area (Å²) < 4.78 is 0. The van der Waals surface area contributed by atoms with Crippen molar-refractivity contribution < 1.29 is 9.59 Å². The van der Waals surface area contributed by atoms with E-state index in [2.05, 4.69) is 12.2 Å². The van der Waals surface area contributed by atoms with E-state index >= 15 is 0 Å². The van der Waals surface area contributed by atoms with Crippen molar-refractivity contribution in [1.29, 1.82) is 0 Å². The fourth-order valence-corrected chi connectivity index (χ4v) is 4.02. The van der Waals surface area contributed by atoms with Crippen molar-refractivity contribution >= 4 is 51.7 Å². The number of halogens is 2. The summed E-state index contributed by atoms with van der Waals surface area (Å²) >= 11 is 13.3. The Morgan fingerprint density at radius 2 is 1.64 bits per heavy atom. The van der Waals surface area contributed by atoms with Gasteiger partial charge in [0.15, 0.2) is 5.12 Å². The van der Waals surface area contributed by atoms with Crippen LogP contribution in [0.4, 0.5) is 5.69 Å². The highest BCUT2D eigenvalue weighted by Gasteiger charge is 2.27. The third-order valence-electron chi connectivity index (χ3n) is 4.48. The first-order valence-corrected chi connectivity index (χ1v) is 10.2. The van der Waals surface area contributed by atoms with Gasteiger partial charge in [0.25, 0.3) is 0 Å². The Kier molecular flexibility index (Phi) is 6.86. The Morgan fingerprint density at radius 1 is 1.08 bits per heavy atom. The maximum atomic E-state index is 12.6. The van der Waals surface area contributed by atoms with Crippen molar-refractivity contribution in [3.05, 3.63) is 22.2 Å². The second-order valence-corrected chi connectivity index (χ2v) is 9.68. The van der Waals surface area contributed by atoms with Crippen molar-refractivity contribution in [2.24, 2.45) is 17.3 Å². The lowest BCUT2D eigenvalue weighted by Gasteiger charge is -2.25. The average molecular weight is 402 g/mol. The summed E-state index contributed by atoms with van der Waals surface area (Å²) in [5, 5.41) is 3.71. The summed E-state index contributed by atoms with van der Waals surface area (Å²) in [6, 6.07) is 3.28. The molecule has 1 N–H and O–H groups in total. The maximum absolute atomic E-state index is 12.6. The topological polar surface area (TPSA) is 46.2 Å². The molecule has 1 aromatic rings. The molecule has 3 nitrogen and oxygen atoms in total. The highest BCUT2D eigenvalue weighted by atomic mass is 35.5. The molecular formula is C19H25Cl2NO2S. The molecule has 25 heavy (non-hydrogen) atoms. The van der Waals surface area contributed by atoms with Gasteiger partial charge < -0.3 is 5.32 Å². The normalized spacial score (nSPS) is 21.0. The van der Waals surface area contributed by atoms with Crippen molar-refractivity contribution in [3.63, 3.8) is 0 Å². The van der Waals surface area contributed by atoms with E-state index < -0.39 is 5.41 Å². The number of hydrogen-bond donors (Lipinski definition) is 1. The number of anilines is 1. The summed E-state index contributed by atoms with van der Waals surface area (Å²) in [7, 11) is 0. The quantitative estimate of drug-likeness (QED) is 0.593. The smallest absolute Gasteiger partial charge is 0.227 e. The number of carbonyl (C=O) groups is 2. The van der Waals surface area contributed by atoms with Crippen molar-refractivity contribution in [1.82, 2.24) is 0 Å². The molecule has 2 rings (SSSR count). The van der Waals surface area contributed by atoms with Gasteiger partial charge in [-0.15, -0.1) is 0 Å². The summed E-state index contributed by atoms with van der Waals surface area (Å²) in [5.74, 6) is 0.696. The van der Waals surface area contributed by atoms with Gasteiger partial charge >= 0.3 is 0 Å². The first-order valence-electron chi connectivity index (χ1n) is 8.60. The number of thioether (sulfide) groups is 1. The Hall–Kier alpha value is -0.710. The molecule has 1 aliphatic rings. The number of nitrogens with one attached hydrogen (secondary N) is 1. The van der Waals surface area contributed by atoms with Gasteiger partial charge in [0.2, 0.25) is 5.91 Å². The number of rotatable bonds is 3. The molecule has 0 bridgehead atoms. The van der Waals surface area contributed by atoms with Gasteiger partial charge in [0.1, 0.15) is 0 Å². The molecule has 0 heterocycles. The largest absolute Gasteiger partial charge is 0.325 e. The van der Waals surface area contributed by atoms with Crippen molar-refractivity contribution in [2.75, 3.05) is 5.32 Å². The molecule has 0 spiro atoms. The van der Waals surface area contributed by atoms with Gasteiger partial charge in [0.05, 0.1) is 15.7 Å². The van der Waals surface area contributed by atoms with Crippen LogP contribution in [0.1, 0.15) is 53.4 Å². The molecule has 1 aromatic carbocycles. The number of amides is 1. The standard InChI is InChI=1S/C19H25Cl2NO2S/c1-11-5-7-12(8-6-11)17(23)22-15-9-13(20)14(21)10-16(15)25-18(24)19(2,3)4/h9-12H,5-8H2,1-4H3,(H,22,23). The lowest BCUT2D eigenvalue weighted by atomic mass is 9.82. The Labute approximate surface area is 164 Å². The fourth-order valence-electron chi connectivity index (χ4n) is 2.72. The lowest BCUT2D eigenvalue weighted by Crippen LogP contribution is -2.27. The van der Waals surface area contributed by atoms with E-state index in [1.165, 1.54) is 0 Å². The fraction of sp³-hybridized carbons (Fsp3) is 0.579. The zero-order chi connectivity index (χ0) is 18.8. The molecule has 138 valence electrons. The Morgan fingerprint density at radius 3 is 2.20 bits per heavy atom. The van der Waals surface area contributed by atoms with Gasteiger partial charge in [-0.2, -0.15) is 0 Å². The second-order valence-electron chi connectivity index (χ2n) is 7.85. The highest BCUT2D eigenvalue weighted by Crippen LogP contribution is 2.39. The van der Waals surface area contributed by atoms with Crippen LogP contribution in [0.2, 0.25) is 10.0 Å². The van der Waals surface area contributed by atoms with Crippen LogP contribution >= 0.6 is 35.0 Å². The van der Waals surface area contributed by atoms with Crippen LogP contribution in [-0.2, 0) is 9.59 Å². The van der Waals surface area contributed by atoms with Gasteiger partial charge in [0, 0.05) is 16.2 Å². The zero-order valence-electron chi connectivity index (χ0n) is 15.1. The second kappa shape index (κ2) is 8.32. The number of carbonyl (C=O) groups excluding carboxylic acids is 2. The molecule has 6 heteroatoms.